The van der Waals surface area contributed by atoms with Crippen LogP contribution in [0, 0.1) is 0 Å². The first-order chi connectivity index (χ1) is 16.5. The molecule has 0 fully saturated rings. The van der Waals surface area contributed by atoms with Crippen molar-refractivity contribution in [2.75, 3.05) is 5.73 Å². The molecule has 0 aliphatic carbocycles. The number of hydrogen-bond donors (Lipinski definition) is 5. The number of nitrogens with one attached hydrogen (secondary N) is 1. The average Bonchev–Trinajstić information content (AvgIpc) is 3.34. The fraction of sp³-hybridized carbons (Fsp3) is 0.154. The fourth-order valence-corrected chi connectivity index (χ4v) is 4.84. The van der Waals surface area contributed by atoms with Crippen LogP contribution in [-0.2, 0) is 6.54 Å². The van der Waals surface area contributed by atoms with Crippen LogP contribution >= 0.6 is 11.3 Å². The summed E-state index contributed by atoms with van der Waals surface area (Å²) in [4.78, 5) is 19.0. The van der Waals surface area contributed by atoms with Gasteiger partial charge in [-0.1, -0.05) is 48.5 Å². The molecule has 4 rings (SSSR count). The van der Waals surface area contributed by atoms with Gasteiger partial charge < -0.3 is 27.6 Å². The average molecular weight is 474 g/mol. The Hall–Kier alpha value is -3.72. The lowest BCUT2D eigenvalue weighted by Crippen LogP contribution is -2.31. The number of rotatable bonds is 8. The third kappa shape index (κ3) is 5.26. The number of anilines is 1. The maximum atomic E-state index is 13.2. The number of benzene rings is 2. The van der Waals surface area contributed by atoms with Crippen molar-refractivity contribution in [1.29, 1.82) is 0 Å². The van der Waals surface area contributed by atoms with Crippen LogP contribution in [0.5, 0.6) is 5.75 Å². The van der Waals surface area contributed by atoms with Crippen molar-refractivity contribution in [3.63, 3.8) is 0 Å². The van der Waals surface area contributed by atoms with Crippen LogP contribution in [-0.4, -0.2) is 16.0 Å². The number of carbonyl (C=O) groups excluding carboxylic acids is 1. The topological polar surface area (TPSA) is 140 Å². The highest BCUT2D eigenvalue weighted by atomic mass is 32.1. The summed E-state index contributed by atoms with van der Waals surface area (Å²) < 4.78 is 0. The molecule has 0 spiro atoms. The number of phenolic OH excluding ortho intramolecular Hbond substituents is 1. The van der Waals surface area contributed by atoms with Gasteiger partial charge in [-0.25, -0.2) is 4.98 Å². The van der Waals surface area contributed by atoms with Crippen molar-refractivity contribution in [2.45, 2.75) is 25.0 Å². The lowest BCUT2D eigenvalue weighted by atomic mass is 9.96. The first kappa shape index (κ1) is 23.4. The molecule has 0 saturated heterocycles. The van der Waals surface area contributed by atoms with Crippen molar-refractivity contribution in [1.82, 2.24) is 10.3 Å². The molecule has 0 bridgehead atoms. The molecule has 0 aliphatic rings. The van der Waals surface area contributed by atoms with Crippen LogP contribution in [0.15, 0.2) is 78.9 Å². The molecule has 174 valence electrons. The molecule has 2 atom stereocenters. The Balaban J connectivity index is 1.59. The number of thiophene rings is 1. The van der Waals surface area contributed by atoms with Gasteiger partial charge in [0.05, 0.1) is 16.6 Å². The molecule has 0 saturated carbocycles. The molecule has 4 aromatic rings. The van der Waals surface area contributed by atoms with Crippen LogP contribution in [0.4, 0.5) is 5.82 Å². The molecular weight excluding hydrogens is 446 g/mol. The number of amides is 1. The number of carbonyl (C=O) groups is 1. The predicted octanol–water partition coefficient (Wildman–Crippen LogP) is 4.12. The molecule has 34 heavy (non-hydrogen) atoms. The van der Waals surface area contributed by atoms with Crippen molar-refractivity contribution in [2.24, 2.45) is 11.5 Å². The molecule has 1 amide bonds. The van der Waals surface area contributed by atoms with Gasteiger partial charge in [0.2, 0.25) is 0 Å². The van der Waals surface area contributed by atoms with E-state index >= 15 is 0 Å². The summed E-state index contributed by atoms with van der Waals surface area (Å²) in [5.74, 6) is 0.215. The molecule has 0 radical (unpaired) electrons. The molecule has 8 heteroatoms. The Bertz CT molecular complexity index is 1290. The highest BCUT2D eigenvalue weighted by Crippen LogP contribution is 2.33. The molecule has 7 nitrogen and oxygen atoms in total. The molecule has 8 N–H and O–H groups in total. The number of pyridine rings is 1. The van der Waals surface area contributed by atoms with E-state index < -0.39 is 12.1 Å². The zero-order chi connectivity index (χ0) is 24.1. The van der Waals surface area contributed by atoms with Gasteiger partial charge in [0.25, 0.3) is 5.91 Å². The van der Waals surface area contributed by atoms with Gasteiger partial charge in [-0.05, 0) is 47.9 Å². The third-order valence-corrected chi connectivity index (χ3v) is 6.73. The molecular formula is C26H27N5O2S. The SMILES string of the molecule is NCc1ccccc1-c1ccc(C(=O)NC(CC(N)c2cccc(N)n2)c2ccccc2O)s1. The van der Waals surface area contributed by atoms with Gasteiger partial charge in [0.15, 0.2) is 0 Å². The number of nitrogens with zero attached hydrogens (tertiary/aromatic N) is 1. The smallest absolute Gasteiger partial charge is 0.261 e. The van der Waals surface area contributed by atoms with Crippen molar-refractivity contribution < 1.29 is 9.90 Å². The highest BCUT2D eigenvalue weighted by molar-refractivity contribution is 7.17. The number of nitrogens with two attached hydrogens (primary N) is 3. The van der Waals surface area contributed by atoms with E-state index in [1.54, 1.807) is 42.5 Å². The largest absolute Gasteiger partial charge is 0.508 e. The molecule has 0 aliphatic heterocycles. The minimum Gasteiger partial charge on any atom is -0.508 e. The van der Waals surface area contributed by atoms with Gasteiger partial charge >= 0.3 is 0 Å². The quantitative estimate of drug-likeness (QED) is 0.261. The van der Waals surface area contributed by atoms with Crippen LogP contribution < -0.4 is 22.5 Å². The second kappa shape index (κ2) is 10.5. The Kier molecular flexibility index (Phi) is 7.22. The number of aromatic nitrogens is 1. The maximum Gasteiger partial charge on any atom is 0.261 e. The standard InChI is InChI=1S/C26H27N5O2S/c27-15-16-6-1-2-7-17(16)23-12-13-24(34-23)26(33)31-21(18-8-3-4-10-22(18)32)14-19(28)20-9-5-11-25(29)30-20/h1-13,19,21,32H,14-15,27-28H2,(H2,29,30)(H,31,33). The van der Waals surface area contributed by atoms with E-state index in [0.29, 0.717) is 34.9 Å². The van der Waals surface area contributed by atoms with Crippen LogP contribution in [0.25, 0.3) is 10.4 Å². The van der Waals surface area contributed by atoms with E-state index in [1.807, 2.05) is 36.4 Å². The molecule has 2 aromatic heterocycles. The first-order valence-electron chi connectivity index (χ1n) is 10.9. The Morgan fingerprint density at radius 3 is 2.53 bits per heavy atom. The van der Waals surface area contributed by atoms with E-state index in [2.05, 4.69) is 10.3 Å². The number of aromatic hydroxyl groups is 1. The lowest BCUT2D eigenvalue weighted by molar-refractivity contribution is 0.0937. The number of hydrogen-bond acceptors (Lipinski definition) is 7. The summed E-state index contributed by atoms with van der Waals surface area (Å²) in [5, 5.41) is 13.5. The predicted molar refractivity (Wildman–Crippen MR) is 136 cm³/mol. The van der Waals surface area contributed by atoms with Crippen LogP contribution in [0.1, 0.15) is 45.0 Å². The molecule has 2 heterocycles. The minimum atomic E-state index is -0.534. The van der Waals surface area contributed by atoms with Gasteiger partial charge in [-0.2, -0.15) is 0 Å². The van der Waals surface area contributed by atoms with Gasteiger partial charge in [-0.3, -0.25) is 4.79 Å². The number of para-hydroxylation sites is 1. The van der Waals surface area contributed by atoms with E-state index in [4.69, 9.17) is 17.2 Å². The van der Waals surface area contributed by atoms with Gasteiger partial charge in [0.1, 0.15) is 11.6 Å². The number of nitrogen functional groups attached to an aromatic ring is 1. The summed E-state index contributed by atoms with van der Waals surface area (Å²) in [7, 11) is 0. The summed E-state index contributed by atoms with van der Waals surface area (Å²) in [5.41, 5.74) is 21.3. The lowest BCUT2D eigenvalue weighted by Gasteiger charge is -2.23. The maximum absolute atomic E-state index is 13.2. The summed E-state index contributed by atoms with van der Waals surface area (Å²) in [6.07, 6.45) is 0.327. The number of phenols is 1. The zero-order valence-electron chi connectivity index (χ0n) is 18.5. The fourth-order valence-electron chi connectivity index (χ4n) is 3.87. The zero-order valence-corrected chi connectivity index (χ0v) is 19.3. The van der Waals surface area contributed by atoms with E-state index in [9.17, 15) is 9.90 Å². The van der Waals surface area contributed by atoms with E-state index in [-0.39, 0.29) is 11.7 Å². The summed E-state index contributed by atoms with van der Waals surface area (Å²) in [6, 6.07) is 22.8. The normalized spacial score (nSPS) is 12.8. The van der Waals surface area contributed by atoms with Crippen LogP contribution in [0.3, 0.4) is 0 Å². The summed E-state index contributed by atoms with van der Waals surface area (Å²) in [6.45, 7) is 0.418. The Morgan fingerprint density at radius 2 is 1.76 bits per heavy atom. The van der Waals surface area contributed by atoms with E-state index in [1.165, 1.54) is 11.3 Å². The Morgan fingerprint density at radius 1 is 1.00 bits per heavy atom. The van der Waals surface area contributed by atoms with Crippen LogP contribution in [0.2, 0.25) is 0 Å². The highest BCUT2D eigenvalue weighted by Gasteiger charge is 2.23. The third-order valence-electron chi connectivity index (χ3n) is 5.61. The first-order valence-corrected chi connectivity index (χ1v) is 11.7. The monoisotopic (exact) mass is 473 g/mol. The summed E-state index contributed by atoms with van der Waals surface area (Å²) >= 11 is 1.39. The Labute approximate surface area is 202 Å². The minimum absolute atomic E-state index is 0.0873. The van der Waals surface area contributed by atoms with Gasteiger partial charge in [0, 0.05) is 23.0 Å². The van der Waals surface area contributed by atoms with Gasteiger partial charge in [-0.15, -0.1) is 11.3 Å². The van der Waals surface area contributed by atoms with Crippen molar-refractivity contribution in [3.05, 3.63) is 101 Å². The molecule has 2 aromatic carbocycles. The second-order valence-corrected chi connectivity index (χ2v) is 9.02. The molecule has 2 unspecified atom stereocenters. The van der Waals surface area contributed by atoms with E-state index in [0.717, 1.165) is 16.0 Å². The van der Waals surface area contributed by atoms with Crippen molar-refractivity contribution in [3.8, 4) is 16.2 Å². The van der Waals surface area contributed by atoms with Crippen molar-refractivity contribution >= 4 is 23.1 Å². The second-order valence-electron chi connectivity index (χ2n) is 7.94.